The summed E-state index contributed by atoms with van der Waals surface area (Å²) in [5, 5.41) is 9.23. The Morgan fingerprint density at radius 1 is 1.21 bits per heavy atom. The Kier molecular flexibility index (Phi) is 7.67. The summed E-state index contributed by atoms with van der Waals surface area (Å²) < 4.78 is 15.0. The minimum absolute atomic E-state index is 0.0466. The largest absolute Gasteiger partial charge is 0.489 e. The lowest BCUT2D eigenvalue weighted by molar-refractivity contribution is -0.143. The van der Waals surface area contributed by atoms with E-state index in [9.17, 15) is 14.7 Å². The van der Waals surface area contributed by atoms with Gasteiger partial charge in [0.25, 0.3) is 0 Å². The zero-order valence-electron chi connectivity index (χ0n) is 19.3. The van der Waals surface area contributed by atoms with Gasteiger partial charge in [0, 0.05) is 24.4 Å². The van der Waals surface area contributed by atoms with Crippen molar-refractivity contribution in [1.82, 2.24) is 14.6 Å². The third-order valence-electron chi connectivity index (χ3n) is 6.95. The Labute approximate surface area is 199 Å². The maximum absolute atomic E-state index is 12.5. The Bertz CT molecular complexity index is 885. The number of carboxylic acid groups (broad SMARTS) is 1. The molecule has 2 saturated carbocycles. The van der Waals surface area contributed by atoms with Gasteiger partial charge in [0.1, 0.15) is 12.4 Å². The number of amides is 1. The molecule has 0 aromatic carbocycles. The number of aromatic nitrogens is 1. The van der Waals surface area contributed by atoms with Gasteiger partial charge in [-0.2, -0.15) is 0 Å². The van der Waals surface area contributed by atoms with Crippen LogP contribution in [0.1, 0.15) is 69.2 Å². The maximum atomic E-state index is 12.5. The predicted molar refractivity (Wildman–Crippen MR) is 126 cm³/mol. The molecule has 8 nitrogen and oxygen atoms in total. The Hall–Kier alpha value is -2.42. The van der Waals surface area contributed by atoms with E-state index in [2.05, 4.69) is 9.71 Å². The molecule has 1 amide bonds. The van der Waals surface area contributed by atoms with Crippen LogP contribution in [0, 0.1) is 5.92 Å². The Morgan fingerprint density at radius 3 is 2.70 bits per heavy atom. The van der Waals surface area contributed by atoms with Crippen molar-refractivity contribution in [2.45, 2.75) is 75.7 Å². The van der Waals surface area contributed by atoms with Gasteiger partial charge in [0.2, 0.25) is 0 Å². The van der Waals surface area contributed by atoms with Crippen LogP contribution in [0.5, 0.6) is 5.75 Å². The van der Waals surface area contributed by atoms with Crippen molar-refractivity contribution in [3.8, 4) is 5.75 Å². The molecule has 2 aliphatic carbocycles. The Morgan fingerprint density at radius 2 is 2.00 bits per heavy atom. The average molecular weight is 476 g/mol. The standard InChI is InChI=1S/C24H33N3O5S/c1-15-20(14-31-24(30)27(2)17-7-3-4-8-17)22(33-26-15)21-11-10-19(13-25-21)32-18-9-5-6-16(12-18)23(28)29/h10-11,13,16-18,22,26H,3-9,12,14H2,1-2H3,(H,28,29)/t16-,18-,22?/m0/s1. The summed E-state index contributed by atoms with van der Waals surface area (Å²) in [5.74, 6) is -0.423. The summed E-state index contributed by atoms with van der Waals surface area (Å²) >= 11 is 1.54. The molecule has 1 aromatic rings. The third-order valence-corrected chi connectivity index (χ3v) is 8.13. The number of hydrogen-bond donors (Lipinski definition) is 2. The number of carbonyl (C=O) groups is 2. The molecular formula is C24H33N3O5S. The normalized spacial score (nSPS) is 25.6. The zero-order chi connectivity index (χ0) is 23.4. The highest BCUT2D eigenvalue weighted by Crippen LogP contribution is 2.40. The number of rotatable bonds is 7. The second-order valence-electron chi connectivity index (χ2n) is 9.21. The highest BCUT2D eigenvalue weighted by atomic mass is 32.2. The SMILES string of the molecule is CC1=C(COC(=O)N(C)C2CCCC2)C(c2ccc(O[C@H]3CCC[C@H](C(=O)O)C3)cn2)SN1. The summed E-state index contributed by atoms with van der Waals surface area (Å²) in [6.07, 6.45) is 8.73. The molecule has 180 valence electrons. The fourth-order valence-corrected chi connectivity index (χ4v) is 5.94. The third kappa shape index (κ3) is 5.75. The highest BCUT2D eigenvalue weighted by Gasteiger charge is 2.31. The van der Waals surface area contributed by atoms with Crippen molar-refractivity contribution < 1.29 is 24.2 Å². The van der Waals surface area contributed by atoms with Crippen LogP contribution in [0.2, 0.25) is 0 Å². The molecule has 0 radical (unpaired) electrons. The molecule has 4 rings (SSSR count). The first-order chi connectivity index (χ1) is 15.9. The number of carboxylic acids is 1. The first kappa shape index (κ1) is 23.7. The van der Waals surface area contributed by atoms with Gasteiger partial charge in [0.05, 0.1) is 29.2 Å². The van der Waals surface area contributed by atoms with Crippen molar-refractivity contribution in [3.63, 3.8) is 0 Å². The van der Waals surface area contributed by atoms with Crippen LogP contribution in [0.3, 0.4) is 0 Å². The molecular weight excluding hydrogens is 442 g/mol. The van der Waals surface area contributed by atoms with Gasteiger partial charge >= 0.3 is 12.1 Å². The van der Waals surface area contributed by atoms with Gasteiger partial charge < -0.3 is 24.2 Å². The maximum Gasteiger partial charge on any atom is 0.410 e. The van der Waals surface area contributed by atoms with E-state index in [4.69, 9.17) is 9.47 Å². The van der Waals surface area contributed by atoms with Crippen molar-refractivity contribution in [2.24, 2.45) is 5.92 Å². The summed E-state index contributed by atoms with van der Waals surface area (Å²) in [4.78, 5) is 30.1. The van der Waals surface area contributed by atoms with E-state index in [-0.39, 0.29) is 36.0 Å². The minimum atomic E-state index is -0.743. The smallest absolute Gasteiger partial charge is 0.410 e. The minimum Gasteiger partial charge on any atom is -0.489 e. The molecule has 2 N–H and O–H groups in total. The van der Waals surface area contributed by atoms with Crippen molar-refractivity contribution in [1.29, 1.82) is 0 Å². The van der Waals surface area contributed by atoms with E-state index in [0.29, 0.717) is 18.6 Å². The summed E-state index contributed by atoms with van der Waals surface area (Å²) in [5.41, 5.74) is 2.86. The molecule has 1 aliphatic heterocycles. The van der Waals surface area contributed by atoms with Crippen molar-refractivity contribution in [3.05, 3.63) is 35.3 Å². The number of carbonyl (C=O) groups excluding carboxylic acids is 1. The number of ether oxygens (including phenoxy) is 2. The summed E-state index contributed by atoms with van der Waals surface area (Å²) in [6.45, 7) is 2.21. The fourth-order valence-electron chi connectivity index (χ4n) is 4.87. The molecule has 0 spiro atoms. The van der Waals surface area contributed by atoms with Gasteiger partial charge in [0.15, 0.2) is 0 Å². The lowest BCUT2D eigenvalue weighted by Gasteiger charge is -2.27. The predicted octanol–water partition coefficient (Wildman–Crippen LogP) is 4.68. The average Bonchev–Trinajstić information content (AvgIpc) is 3.48. The van der Waals surface area contributed by atoms with Crippen LogP contribution < -0.4 is 9.46 Å². The number of nitrogens with zero attached hydrogens (tertiary/aromatic N) is 2. The van der Waals surface area contributed by atoms with Gasteiger partial charge in [-0.25, -0.2) is 4.79 Å². The van der Waals surface area contributed by atoms with Crippen molar-refractivity contribution in [2.75, 3.05) is 13.7 Å². The van der Waals surface area contributed by atoms with Gasteiger partial charge in [-0.05, 0) is 69.5 Å². The second kappa shape index (κ2) is 10.7. The number of nitrogens with one attached hydrogen (secondary N) is 1. The van der Waals surface area contributed by atoms with Gasteiger partial charge in [-0.3, -0.25) is 9.78 Å². The molecule has 33 heavy (non-hydrogen) atoms. The quantitative estimate of drug-likeness (QED) is 0.548. The van der Waals surface area contributed by atoms with Crippen LogP contribution in [0.4, 0.5) is 4.79 Å². The second-order valence-corrected chi connectivity index (χ2v) is 10.1. The molecule has 3 aliphatic rings. The first-order valence-corrected chi connectivity index (χ1v) is 12.7. The van der Waals surface area contributed by atoms with E-state index >= 15 is 0 Å². The summed E-state index contributed by atoms with van der Waals surface area (Å²) in [7, 11) is 1.82. The van der Waals surface area contributed by atoms with Crippen LogP contribution >= 0.6 is 11.9 Å². The summed E-state index contributed by atoms with van der Waals surface area (Å²) in [6, 6.07) is 4.10. The fraction of sp³-hybridized carbons (Fsp3) is 0.625. The first-order valence-electron chi connectivity index (χ1n) is 11.8. The zero-order valence-corrected chi connectivity index (χ0v) is 20.1. The van der Waals surface area contributed by atoms with Crippen LogP contribution in [0.25, 0.3) is 0 Å². The number of pyridine rings is 1. The molecule has 0 saturated heterocycles. The van der Waals surface area contributed by atoms with Crippen LogP contribution in [-0.4, -0.2) is 52.9 Å². The molecule has 9 heteroatoms. The van der Waals surface area contributed by atoms with Gasteiger partial charge in [-0.1, -0.05) is 12.8 Å². The van der Waals surface area contributed by atoms with E-state index in [1.165, 1.54) is 12.8 Å². The highest BCUT2D eigenvalue weighted by molar-refractivity contribution is 7.98. The lowest BCUT2D eigenvalue weighted by atomic mass is 9.87. The monoisotopic (exact) mass is 475 g/mol. The van der Waals surface area contributed by atoms with E-state index in [1.807, 2.05) is 26.1 Å². The Balaban J connectivity index is 1.34. The van der Waals surface area contributed by atoms with Gasteiger partial charge in [-0.15, -0.1) is 0 Å². The van der Waals surface area contributed by atoms with Crippen LogP contribution in [0.15, 0.2) is 29.6 Å². The number of aliphatic carboxylic acids is 1. The topological polar surface area (TPSA) is 101 Å². The number of hydrogen-bond acceptors (Lipinski definition) is 7. The van der Waals surface area contributed by atoms with Crippen LogP contribution in [-0.2, 0) is 9.53 Å². The number of allylic oxidation sites excluding steroid dienone is 1. The molecule has 2 heterocycles. The lowest BCUT2D eigenvalue weighted by Crippen LogP contribution is -2.36. The molecule has 3 atom stereocenters. The molecule has 2 fully saturated rings. The van der Waals surface area contributed by atoms with Crippen molar-refractivity contribution >= 4 is 24.0 Å². The van der Waals surface area contributed by atoms with E-state index in [0.717, 1.165) is 42.6 Å². The molecule has 1 unspecified atom stereocenters. The van der Waals surface area contributed by atoms with E-state index < -0.39 is 5.97 Å². The molecule has 0 bridgehead atoms. The van der Waals surface area contributed by atoms with E-state index in [1.54, 1.807) is 23.0 Å². The molecule has 1 aromatic heterocycles.